The van der Waals surface area contributed by atoms with Gasteiger partial charge < -0.3 is 4.42 Å². The van der Waals surface area contributed by atoms with E-state index < -0.39 is 4.92 Å². The maximum absolute atomic E-state index is 10.8. The van der Waals surface area contributed by atoms with Gasteiger partial charge in [0, 0.05) is 39.8 Å². The Labute approximate surface area is 105 Å². The van der Waals surface area contributed by atoms with E-state index in [0.29, 0.717) is 20.7 Å². The molecule has 0 spiro atoms. The van der Waals surface area contributed by atoms with Crippen LogP contribution in [0, 0.1) is 20.9 Å². The molecule has 5 nitrogen and oxygen atoms in total. The van der Waals surface area contributed by atoms with Gasteiger partial charge in [-0.05, 0) is 6.92 Å². The fourth-order valence-corrected chi connectivity index (χ4v) is 1.74. The summed E-state index contributed by atoms with van der Waals surface area (Å²) in [6, 6.07) is 4.99. The van der Waals surface area contributed by atoms with E-state index in [2.05, 4.69) is 4.98 Å². The molecule has 1 heterocycles. The zero-order valence-electron chi connectivity index (χ0n) is 8.31. The minimum Gasteiger partial charge on any atom is -0.440 e. The maximum atomic E-state index is 10.8. The van der Waals surface area contributed by atoms with Crippen LogP contribution in [0.1, 0.15) is 5.56 Å². The summed E-state index contributed by atoms with van der Waals surface area (Å²) in [4.78, 5) is 14.5. The maximum Gasteiger partial charge on any atom is 0.272 e. The number of hydrogen-bond donors (Lipinski definition) is 0. The average molecular weight is 330 g/mol. The molecule has 0 atom stereocenters. The molecule has 0 fully saturated rings. The number of benzene rings is 1. The van der Waals surface area contributed by atoms with Crippen molar-refractivity contribution in [1.29, 1.82) is 0 Å². The standard InChI is InChI=1S/C10H7IN2O3/c1-6-2-3-7(4-9(6)13(14)15)8-5-16-10(11)12-8/h2-5H,1H3. The molecule has 82 valence electrons. The van der Waals surface area contributed by atoms with Crippen LogP contribution in [-0.4, -0.2) is 9.91 Å². The van der Waals surface area contributed by atoms with Crippen LogP contribution in [0.3, 0.4) is 0 Å². The zero-order chi connectivity index (χ0) is 11.7. The van der Waals surface area contributed by atoms with Crippen molar-refractivity contribution in [2.75, 3.05) is 0 Å². The van der Waals surface area contributed by atoms with E-state index in [1.807, 2.05) is 22.6 Å². The number of rotatable bonds is 2. The number of hydrogen-bond acceptors (Lipinski definition) is 4. The fourth-order valence-electron chi connectivity index (χ4n) is 1.35. The molecule has 0 amide bonds. The van der Waals surface area contributed by atoms with Crippen molar-refractivity contribution in [3.05, 3.63) is 44.0 Å². The van der Waals surface area contributed by atoms with Crippen molar-refractivity contribution >= 4 is 28.3 Å². The lowest BCUT2D eigenvalue weighted by molar-refractivity contribution is -0.385. The molecule has 16 heavy (non-hydrogen) atoms. The Kier molecular flexibility index (Phi) is 2.90. The molecule has 0 unspecified atom stereocenters. The number of halogens is 1. The molecular formula is C10H7IN2O3. The predicted octanol–water partition coefficient (Wildman–Crippen LogP) is 3.16. The fraction of sp³-hybridized carbons (Fsp3) is 0.100. The molecule has 0 saturated heterocycles. The van der Waals surface area contributed by atoms with Gasteiger partial charge in [0.25, 0.3) is 9.58 Å². The van der Waals surface area contributed by atoms with E-state index in [1.165, 1.54) is 12.3 Å². The van der Waals surface area contributed by atoms with E-state index in [1.54, 1.807) is 19.1 Å². The Hall–Kier alpha value is -1.44. The van der Waals surface area contributed by atoms with Crippen LogP contribution in [-0.2, 0) is 0 Å². The summed E-state index contributed by atoms with van der Waals surface area (Å²) < 4.78 is 5.57. The minimum absolute atomic E-state index is 0.0931. The van der Waals surface area contributed by atoms with Gasteiger partial charge in [-0.25, -0.2) is 4.98 Å². The molecule has 0 aliphatic rings. The smallest absolute Gasteiger partial charge is 0.272 e. The first-order chi connectivity index (χ1) is 7.58. The largest absolute Gasteiger partial charge is 0.440 e. The van der Waals surface area contributed by atoms with Crippen LogP contribution < -0.4 is 0 Å². The molecule has 0 saturated carbocycles. The third-order valence-corrected chi connectivity index (χ3v) is 2.67. The van der Waals surface area contributed by atoms with Gasteiger partial charge in [-0.1, -0.05) is 12.1 Å². The number of nitro groups is 1. The second kappa shape index (κ2) is 4.20. The lowest BCUT2D eigenvalue weighted by atomic mass is 10.1. The van der Waals surface area contributed by atoms with Crippen LogP contribution in [0.15, 0.2) is 28.9 Å². The SMILES string of the molecule is Cc1ccc(-c2coc(I)n2)cc1[N+](=O)[O-]. The summed E-state index contributed by atoms with van der Waals surface area (Å²) in [7, 11) is 0. The lowest BCUT2D eigenvalue weighted by Gasteiger charge is -1.99. The van der Waals surface area contributed by atoms with E-state index in [9.17, 15) is 10.1 Å². The lowest BCUT2D eigenvalue weighted by Crippen LogP contribution is -1.92. The van der Waals surface area contributed by atoms with Crippen LogP contribution in [0.5, 0.6) is 0 Å². The van der Waals surface area contributed by atoms with Crippen LogP contribution >= 0.6 is 22.6 Å². The summed E-state index contributed by atoms with van der Waals surface area (Å²) in [5.74, 6) is 0. The van der Waals surface area contributed by atoms with Gasteiger partial charge in [-0.3, -0.25) is 10.1 Å². The molecule has 0 N–H and O–H groups in total. The summed E-state index contributed by atoms with van der Waals surface area (Å²) in [6.45, 7) is 1.70. The molecule has 1 aromatic heterocycles. The van der Waals surface area contributed by atoms with Gasteiger partial charge in [-0.15, -0.1) is 0 Å². The van der Waals surface area contributed by atoms with Crippen molar-refractivity contribution in [1.82, 2.24) is 4.98 Å². The Morgan fingerprint density at radius 3 is 2.81 bits per heavy atom. The number of nitro benzene ring substituents is 1. The zero-order valence-corrected chi connectivity index (χ0v) is 10.5. The molecule has 2 aromatic rings. The molecule has 6 heteroatoms. The molecule has 0 bridgehead atoms. The number of oxazole rings is 1. The highest BCUT2D eigenvalue weighted by molar-refractivity contribution is 14.1. The molecule has 1 aromatic carbocycles. The van der Waals surface area contributed by atoms with E-state index >= 15 is 0 Å². The molecule has 0 aliphatic carbocycles. The first-order valence-corrected chi connectivity index (χ1v) is 5.52. The van der Waals surface area contributed by atoms with Crippen molar-refractivity contribution in [3.63, 3.8) is 0 Å². The topological polar surface area (TPSA) is 69.2 Å². The summed E-state index contributed by atoms with van der Waals surface area (Å²) in [6.07, 6.45) is 1.48. The average Bonchev–Trinajstić information content (AvgIpc) is 2.65. The van der Waals surface area contributed by atoms with Gasteiger partial charge in [0.15, 0.2) is 0 Å². The second-order valence-corrected chi connectivity index (χ2v) is 4.17. The van der Waals surface area contributed by atoms with Crippen LogP contribution in [0.2, 0.25) is 0 Å². The molecule has 0 radical (unpaired) electrons. The highest BCUT2D eigenvalue weighted by Crippen LogP contribution is 2.26. The Bertz CT molecular complexity index is 551. The first kappa shape index (κ1) is 11.1. The summed E-state index contributed by atoms with van der Waals surface area (Å²) >= 11 is 1.94. The van der Waals surface area contributed by atoms with Crippen molar-refractivity contribution < 1.29 is 9.34 Å². The monoisotopic (exact) mass is 330 g/mol. The molecule has 2 rings (SSSR count). The van der Waals surface area contributed by atoms with Crippen LogP contribution in [0.4, 0.5) is 5.69 Å². The van der Waals surface area contributed by atoms with E-state index in [-0.39, 0.29) is 5.69 Å². The Balaban J connectivity index is 2.51. The molecule has 0 aliphatic heterocycles. The van der Waals surface area contributed by atoms with E-state index in [0.717, 1.165) is 0 Å². The highest BCUT2D eigenvalue weighted by atomic mass is 127. The third-order valence-electron chi connectivity index (χ3n) is 2.18. The third kappa shape index (κ3) is 2.06. The number of aromatic nitrogens is 1. The quantitative estimate of drug-likeness (QED) is 0.482. The predicted molar refractivity (Wildman–Crippen MR) is 66.0 cm³/mol. The van der Waals surface area contributed by atoms with Crippen molar-refractivity contribution in [2.45, 2.75) is 6.92 Å². The Morgan fingerprint density at radius 2 is 2.25 bits per heavy atom. The van der Waals surface area contributed by atoms with Crippen LogP contribution in [0.25, 0.3) is 11.3 Å². The Morgan fingerprint density at radius 1 is 1.50 bits per heavy atom. The highest BCUT2D eigenvalue weighted by Gasteiger charge is 2.13. The van der Waals surface area contributed by atoms with Gasteiger partial charge >= 0.3 is 0 Å². The minimum atomic E-state index is -0.399. The number of aryl methyl sites for hydroxylation is 1. The summed E-state index contributed by atoms with van der Waals surface area (Å²) in [5.41, 5.74) is 2.01. The number of nitrogens with zero attached hydrogens (tertiary/aromatic N) is 2. The van der Waals surface area contributed by atoms with Crippen molar-refractivity contribution in [2.24, 2.45) is 0 Å². The van der Waals surface area contributed by atoms with E-state index in [4.69, 9.17) is 4.42 Å². The second-order valence-electron chi connectivity index (χ2n) is 3.24. The summed E-state index contributed by atoms with van der Waals surface area (Å²) in [5, 5.41) is 10.8. The van der Waals surface area contributed by atoms with Gasteiger partial charge in [0.05, 0.1) is 4.92 Å². The molecular weight excluding hydrogens is 323 g/mol. The van der Waals surface area contributed by atoms with Gasteiger partial charge in [-0.2, -0.15) is 0 Å². The first-order valence-electron chi connectivity index (χ1n) is 4.44. The van der Waals surface area contributed by atoms with Gasteiger partial charge in [0.1, 0.15) is 12.0 Å². The van der Waals surface area contributed by atoms with Crippen molar-refractivity contribution in [3.8, 4) is 11.3 Å². The van der Waals surface area contributed by atoms with Gasteiger partial charge in [0.2, 0.25) is 0 Å². The normalized spacial score (nSPS) is 10.4.